The predicted molar refractivity (Wildman–Crippen MR) is 81.0 cm³/mol. The first-order valence-electron chi connectivity index (χ1n) is 7.28. The minimum atomic E-state index is 0.0103. The second-order valence-corrected chi connectivity index (χ2v) is 5.95. The zero-order chi connectivity index (χ0) is 13.7. The van der Waals surface area contributed by atoms with Gasteiger partial charge in [0.1, 0.15) is 5.75 Å². The predicted octanol–water partition coefficient (Wildman–Crippen LogP) is 4.10. The summed E-state index contributed by atoms with van der Waals surface area (Å²) >= 11 is 6.60. The molecule has 0 bridgehead atoms. The third kappa shape index (κ3) is 4.12. The first-order valence-corrected chi connectivity index (χ1v) is 7.72. The van der Waals surface area contributed by atoms with E-state index in [2.05, 4.69) is 17.9 Å². The van der Waals surface area contributed by atoms with E-state index >= 15 is 0 Å². The lowest BCUT2D eigenvalue weighted by molar-refractivity contribution is 0.192. The van der Waals surface area contributed by atoms with Crippen molar-refractivity contribution in [2.75, 3.05) is 26.2 Å². The lowest BCUT2D eigenvalue weighted by Gasteiger charge is -2.31. The van der Waals surface area contributed by atoms with Crippen molar-refractivity contribution in [3.05, 3.63) is 29.8 Å². The molecule has 1 aromatic carbocycles. The summed E-state index contributed by atoms with van der Waals surface area (Å²) in [5.74, 6) is 1.79. The van der Waals surface area contributed by atoms with Crippen LogP contribution in [0.4, 0.5) is 0 Å². The van der Waals surface area contributed by atoms with E-state index in [1.807, 2.05) is 25.1 Å². The Balaban J connectivity index is 1.97. The van der Waals surface area contributed by atoms with Gasteiger partial charge in [0, 0.05) is 12.1 Å². The highest BCUT2D eigenvalue weighted by molar-refractivity contribution is 6.21. The lowest BCUT2D eigenvalue weighted by atomic mass is 9.99. The molecule has 0 aromatic heterocycles. The van der Waals surface area contributed by atoms with Crippen LogP contribution in [0.15, 0.2) is 24.3 Å². The van der Waals surface area contributed by atoms with Crippen LogP contribution in [0.25, 0.3) is 0 Å². The number of halogens is 1. The fourth-order valence-corrected chi connectivity index (χ4v) is 2.97. The van der Waals surface area contributed by atoms with Crippen molar-refractivity contribution in [1.82, 2.24) is 4.90 Å². The van der Waals surface area contributed by atoms with Gasteiger partial charge in [-0.25, -0.2) is 0 Å². The van der Waals surface area contributed by atoms with Crippen LogP contribution in [0.1, 0.15) is 37.6 Å². The summed E-state index contributed by atoms with van der Waals surface area (Å²) in [5.41, 5.74) is 1.12. The first-order chi connectivity index (χ1) is 9.20. The zero-order valence-electron chi connectivity index (χ0n) is 11.9. The number of likely N-dealkylation sites (tertiary alicyclic amines) is 1. The molecule has 1 aromatic rings. The van der Waals surface area contributed by atoms with Crippen molar-refractivity contribution in [2.45, 2.75) is 32.1 Å². The minimum Gasteiger partial charge on any atom is -0.494 e. The molecule has 1 heterocycles. The highest BCUT2D eigenvalue weighted by Gasteiger charge is 2.20. The molecule has 0 spiro atoms. The van der Waals surface area contributed by atoms with E-state index in [1.165, 1.54) is 25.9 Å². The molecule has 1 saturated heterocycles. The van der Waals surface area contributed by atoms with Crippen LogP contribution < -0.4 is 4.74 Å². The van der Waals surface area contributed by atoms with Crippen LogP contribution >= 0.6 is 11.6 Å². The number of hydrogen-bond acceptors (Lipinski definition) is 2. The Morgan fingerprint density at radius 3 is 2.68 bits per heavy atom. The molecule has 3 heteroatoms. The number of hydrogen-bond donors (Lipinski definition) is 0. The fourth-order valence-electron chi connectivity index (χ4n) is 2.60. The van der Waals surface area contributed by atoms with Gasteiger partial charge in [-0.05, 0) is 44.8 Å². The Morgan fingerprint density at radius 1 is 1.32 bits per heavy atom. The van der Waals surface area contributed by atoms with E-state index in [0.717, 1.165) is 23.8 Å². The average molecular weight is 282 g/mol. The molecule has 0 N–H and O–H groups in total. The first kappa shape index (κ1) is 14.7. The molecule has 0 radical (unpaired) electrons. The largest absolute Gasteiger partial charge is 0.494 e. The molecule has 1 unspecified atom stereocenters. The number of rotatable bonds is 5. The van der Waals surface area contributed by atoms with Crippen LogP contribution in [0.2, 0.25) is 0 Å². The number of alkyl halides is 1. The topological polar surface area (TPSA) is 12.5 Å². The van der Waals surface area contributed by atoms with Crippen molar-refractivity contribution in [1.29, 1.82) is 0 Å². The molecule has 1 aliphatic heterocycles. The second kappa shape index (κ2) is 7.16. The smallest absolute Gasteiger partial charge is 0.124 e. The van der Waals surface area contributed by atoms with Crippen LogP contribution in [0.5, 0.6) is 5.75 Å². The van der Waals surface area contributed by atoms with E-state index in [0.29, 0.717) is 6.61 Å². The van der Waals surface area contributed by atoms with Crippen molar-refractivity contribution in [2.24, 2.45) is 5.92 Å². The third-order valence-corrected chi connectivity index (χ3v) is 4.22. The minimum absolute atomic E-state index is 0.0103. The molecule has 0 aliphatic carbocycles. The van der Waals surface area contributed by atoms with Crippen LogP contribution in [-0.4, -0.2) is 31.1 Å². The molecule has 1 fully saturated rings. The van der Waals surface area contributed by atoms with E-state index in [-0.39, 0.29) is 5.38 Å². The standard InChI is InChI=1S/C16H24ClNO/c1-3-19-16-7-5-4-6-14(16)15(17)12-18-10-8-13(2)9-11-18/h4-7,13,15H,3,8-12H2,1-2H3. The molecule has 1 atom stereocenters. The molecule has 1 aliphatic rings. The summed E-state index contributed by atoms with van der Waals surface area (Å²) in [6.07, 6.45) is 2.58. The SMILES string of the molecule is CCOc1ccccc1C(Cl)CN1CCC(C)CC1. The lowest BCUT2D eigenvalue weighted by Crippen LogP contribution is -2.35. The average Bonchev–Trinajstić information content (AvgIpc) is 2.42. The maximum atomic E-state index is 6.60. The Kier molecular flexibility index (Phi) is 5.53. The number of para-hydroxylation sites is 1. The van der Waals surface area contributed by atoms with Gasteiger partial charge in [0.25, 0.3) is 0 Å². The highest BCUT2D eigenvalue weighted by Crippen LogP contribution is 2.31. The third-order valence-electron chi connectivity index (χ3n) is 3.85. The van der Waals surface area contributed by atoms with Gasteiger partial charge in [0.15, 0.2) is 0 Å². The van der Waals surface area contributed by atoms with E-state index in [9.17, 15) is 0 Å². The summed E-state index contributed by atoms with van der Waals surface area (Å²) in [6.45, 7) is 8.27. The Hall–Kier alpha value is -0.730. The maximum Gasteiger partial charge on any atom is 0.124 e. The van der Waals surface area contributed by atoms with Crippen molar-refractivity contribution in [3.8, 4) is 5.75 Å². The number of ether oxygens (including phenoxy) is 1. The van der Waals surface area contributed by atoms with E-state index in [1.54, 1.807) is 0 Å². The molecule has 2 rings (SSSR count). The molecule has 106 valence electrons. The Bertz CT molecular complexity index is 388. The Labute approximate surface area is 121 Å². The van der Waals surface area contributed by atoms with Gasteiger partial charge >= 0.3 is 0 Å². The summed E-state index contributed by atoms with van der Waals surface area (Å²) in [5, 5.41) is 0.0103. The second-order valence-electron chi connectivity index (χ2n) is 5.42. The maximum absolute atomic E-state index is 6.60. The van der Waals surface area contributed by atoms with Gasteiger partial charge < -0.3 is 9.64 Å². The van der Waals surface area contributed by atoms with Gasteiger partial charge in [-0.15, -0.1) is 11.6 Å². The van der Waals surface area contributed by atoms with E-state index in [4.69, 9.17) is 16.3 Å². The van der Waals surface area contributed by atoms with Crippen LogP contribution in [0.3, 0.4) is 0 Å². The normalized spacial score (nSPS) is 19.3. The quantitative estimate of drug-likeness (QED) is 0.754. The molecular weight excluding hydrogens is 258 g/mol. The summed E-state index contributed by atoms with van der Waals surface area (Å²) in [6, 6.07) is 8.12. The zero-order valence-corrected chi connectivity index (χ0v) is 12.7. The number of nitrogens with zero attached hydrogens (tertiary/aromatic N) is 1. The van der Waals surface area contributed by atoms with Gasteiger partial charge in [-0.2, -0.15) is 0 Å². The van der Waals surface area contributed by atoms with Crippen molar-refractivity contribution in [3.63, 3.8) is 0 Å². The Morgan fingerprint density at radius 2 is 2.00 bits per heavy atom. The summed E-state index contributed by atoms with van der Waals surface area (Å²) in [4.78, 5) is 2.47. The van der Waals surface area contributed by atoms with Crippen molar-refractivity contribution < 1.29 is 4.74 Å². The molecular formula is C16H24ClNO. The molecule has 0 amide bonds. The fraction of sp³-hybridized carbons (Fsp3) is 0.625. The number of piperidine rings is 1. The monoisotopic (exact) mass is 281 g/mol. The summed E-state index contributed by atoms with van der Waals surface area (Å²) in [7, 11) is 0. The van der Waals surface area contributed by atoms with Gasteiger partial charge in [0.05, 0.1) is 12.0 Å². The van der Waals surface area contributed by atoms with Crippen LogP contribution in [0, 0.1) is 5.92 Å². The molecule has 19 heavy (non-hydrogen) atoms. The van der Waals surface area contributed by atoms with Gasteiger partial charge in [-0.3, -0.25) is 0 Å². The van der Waals surface area contributed by atoms with E-state index < -0.39 is 0 Å². The number of benzene rings is 1. The molecule has 2 nitrogen and oxygen atoms in total. The van der Waals surface area contributed by atoms with Crippen LogP contribution in [-0.2, 0) is 0 Å². The summed E-state index contributed by atoms with van der Waals surface area (Å²) < 4.78 is 5.66. The van der Waals surface area contributed by atoms with Gasteiger partial charge in [-0.1, -0.05) is 25.1 Å². The van der Waals surface area contributed by atoms with Gasteiger partial charge in [0.2, 0.25) is 0 Å². The molecule has 0 saturated carbocycles. The van der Waals surface area contributed by atoms with Crippen molar-refractivity contribution >= 4 is 11.6 Å². The highest BCUT2D eigenvalue weighted by atomic mass is 35.5.